The highest BCUT2D eigenvalue weighted by Gasteiger charge is 2.54. The normalized spacial score (nSPS) is 21.8. The first-order valence-corrected chi connectivity index (χ1v) is 11.7. The van der Waals surface area contributed by atoms with Gasteiger partial charge < -0.3 is 10.4 Å². The summed E-state index contributed by atoms with van der Waals surface area (Å²) < 4.78 is -0.103. The number of aliphatic carboxylic acids is 1. The van der Waals surface area contributed by atoms with E-state index in [1.165, 1.54) is 21.5 Å². The molecular weight excluding hydrogens is 472 g/mol. The van der Waals surface area contributed by atoms with E-state index in [-0.39, 0.29) is 27.8 Å². The quantitative estimate of drug-likeness (QED) is 0.368. The lowest BCUT2D eigenvalue weighted by Gasteiger charge is -2.49. The molecule has 0 radical (unpaired) electrons. The molecule has 1 fully saturated rings. The van der Waals surface area contributed by atoms with Gasteiger partial charge in [-0.3, -0.25) is 19.3 Å². The predicted octanol–water partition coefficient (Wildman–Crippen LogP) is -0.355. The van der Waals surface area contributed by atoms with Gasteiger partial charge >= 0.3 is 5.97 Å². The number of carboxylic acid groups (broad SMARTS) is 1. The van der Waals surface area contributed by atoms with E-state index in [0.29, 0.717) is 10.5 Å². The van der Waals surface area contributed by atoms with Crippen LogP contribution in [-0.2, 0) is 27.9 Å². The largest absolute Gasteiger partial charge is 0.477 e. The highest BCUT2D eigenvalue weighted by molar-refractivity contribution is 8.00. The number of hydrogen-bond donors (Lipinski definition) is 3. The Morgan fingerprint density at radius 2 is 2.20 bits per heavy atom. The topological polar surface area (TPSA) is 147 Å². The van der Waals surface area contributed by atoms with Crippen LogP contribution in [0.2, 0.25) is 0 Å². The summed E-state index contributed by atoms with van der Waals surface area (Å²) in [5, 5.41) is 24.4. The van der Waals surface area contributed by atoms with Crippen molar-refractivity contribution >= 4 is 64.8 Å². The van der Waals surface area contributed by atoms with Crippen LogP contribution in [0.3, 0.4) is 0 Å². The second-order valence-corrected chi connectivity index (χ2v) is 10.2. The van der Waals surface area contributed by atoms with Crippen LogP contribution in [0.25, 0.3) is 0 Å². The number of aromatic nitrogens is 4. The van der Waals surface area contributed by atoms with Gasteiger partial charge in [-0.1, -0.05) is 22.7 Å². The van der Waals surface area contributed by atoms with Crippen LogP contribution in [0.5, 0.6) is 0 Å². The van der Waals surface area contributed by atoms with Gasteiger partial charge in [0, 0.05) is 16.0 Å². The molecule has 11 nitrogen and oxygen atoms in total. The average molecular weight is 487 g/mol. The standard InChI is InChI=1S/C15H14N6O5S4/c1-20-18-11(17-19-20)10(27)6-4-28-13-8(12(23)21(13)9(6)14(24)25)16-7(22)2-5-3-29-15(26)30-5/h3,8,10,13,27H,2,4H2,1H3,(H,16,22)(H,24,25). The number of carboxylic acids is 1. The Bertz CT molecular complexity index is 1120. The third-order valence-corrected chi connectivity index (χ3v) is 8.27. The molecule has 0 aliphatic carbocycles. The van der Waals surface area contributed by atoms with Gasteiger partial charge in [0.2, 0.25) is 5.91 Å². The fourth-order valence-electron chi connectivity index (χ4n) is 3.15. The minimum absolute atomic E-state index is 0.00545. The zero-order chi connectivity index (χ0) is 21.6. The van der Waals surface area contributed by atoms with Gasteiger partial charge in [-0.2, -0.15) is 17.4 Å². The summed E-state index contributed by atoms with van der Waals surface area (Å²) in [5.41, 5.74) is 0.221. The van der Waals surface area contributed by atoms with E-state index < -0.39 is 34.4 Å². The maximum atomic E-state index is 12.7. The van der Waals surface area contributed by atoms with E-state index in [4.69, 9.17) is 0 Å². The molecule has 0 bridgehead atoms. The Kier molecular flexibility index (Phi) is 5.69. The van der Waals surface area contributed by atoms with Crippen molar-refractivity contribution in [2.75, 3.05) is 5.75 Å². The summed E-state index contributed by atoms with van der Waals surface area (Å²) in [7, 11) is 1.58. The summed E-state index contributed by atoms with van der Waals surface area (Å²) >= 11 is 7.78. The first-order valence-electron chi connectivity index (χ1n) is 8.46. The summed E-state index contributed by atoms with van der Waals surface area (Å²) in [6.45, 7) is 0. The molecule has 2 aliphatic rings. The van der Waals surface area contributed by atoms with Crippen molar-refractivity contribution in [1.29, 1.82) is 0 Å². The number of carbonyl (C=O) groups is 3. The fourth-order valence-corrected chi connectivity index (χ4v) is 6.70. The number of hydrogen-bond acceptors (Lipinski definition) is 11. The molecule has 0 saturated carbocycles. The lowest BCUT2D eigenvalue weighted by Crippen LogP contribution is -2.70. The SMILES string of the molecule is Cn1nnc(C(S)C2=C(C(=O)O)N3C(=O)C(NC(=O)Cc4csc(=O)s4)C3SC2)n1. The van der Waals surface area contributed by atoms with Crippen LogP contribution in [0.15, 0.2) is 21.4 Å². The Hall–Kier alpha value is -2.23. The summed E-state index contributed by atoms with van der Waals surface area (Å²) in [6, 6.07) is -0.832. The molecule has 2 amide bonds. The van der Waals surface area contributed by atoms with E-state index in [0.717, 1.165) is 22.7 Å². The molecular formula is C15H14N6O5S4. The van der Waals surface area contributed by atoms with E-state index in [1.807, 2.05) is 0 Å². The molecule has 4 heterocycles. The van der Waals surface area contributed by atoms with Crippen molar-refractivity contribution in [3.63, 3.8) is 0 Å². The summed E-state index contributed by atoms with van der Waals surface area (Å²) in [5.74, 6) is -1.66. The van der Waals surface area contributed by atoms with Gasteiger partial charge in [-0.05, 0) is 10.8 Å². The molecule has 1 saturated heterocycles. The Morgan fingerprint density at radius 1 is 1.43 bits per heavy atom. The van der Waals surface area contributed by atoms with Crippen LogP contribution in [0.1, 0.15) is 16.0 Å². The molecule has 2 aromatic heterocycles. The van der Waals surface area contributed by atoms with E-state index in [1.54, 1.807) is 12.4 Å². The number of amides is 2. The molecule has 158 valence electrons. The maximum Gasteiger partial charge on any atom is 0.352 e. The van der Waals surface area contributed by atoms with Crippen LogP contribution < -0.4 is 9.37 Å². The second-order valence-electron chi connectivity index (χ2n) is 6.40. The number of thioether (sulfide) groups is 1. The molecule has 4 rings (SSSR count). The number of tetrazole rings is 1. The molecule has 30 heavy (non-hydrogen) atoms. The highest BCUT2D eigenvalue weighted by atomic mass is 32.2. The van der Waals surface area contributed by atoms with Gasteiger partial charge in [0.1, 0.15) is 17.1 Å². The van der Waals surface area contributed by atoms with Crippen LogP contribution >= 0.6 is 47.1 Å². The first-order chi connectivity index (χ1) is 14.3. The third-order valence-electron chi connectivity index (χ3n) is 4.45. The summed E-state index contributed by atoms with van der Waals surface area (Å²) in [4.78, 5) is 51.2. The van der Waals surface area contributed by atoms with Gasteiger partial charge in [0.05, 0.1) is 18.7 Å². The van der Waals surface area contributed by atoms with Crippen molar-refractivity contribution in [2.24, 2.45) is 7.05 Å². The van der Waals surface area contributed by atoms with E-state index >= 15 is 0 Å². The fraction of sp³-hybridized carbons (Fsp3) is 0.400. The maximum absolute atomic E-state index is 12.7. The van der Waals surface area contributed by atoms with Crippen molar-refractivity contribution in [1.82, 2.24) is 30.4 Å². The zero-order valence-corrected chi connectivity index (χ0v) is 18.6. The monoisotopic (exact) mass is 486 g/mol. The minimum Gasteiger partial charge on any atom is -0.477 e. The highest BCUT2D eigenvalue weighted by Crippen LogP contribution is 2.44. The van der Waals surface area contributed by atoms with E-state index in [2.05, 4.69) is 33.4 Å². The number of fused-ring (bicyclic) bond motifs is 1. The third kappa shape index (κ3) is 3.77. The number of aryl methyl sites for hydroxylation is 1. The number of rotatable bonds is 6. The average Bonchev–Trinajstić information content (AvgIpc) is 3.32. The number of nitrogens with zero attached hydrogens (tertiary/aromatic N) is 5. The van der Waals surface area contributed by atoms with Crippen molar-refractivity contribution in [3.05, 3.63) is 36.2 Å². The molecule has 0 spiro atoms. The lowest BCUT2D eigenvalue weighted by molar-refractivity contribution is -0.150. The number of thiol groups is 1. The van der Waals surface area contributed by atoms with Gasteiger partial charge in [0.25, 0.3) is 9.96 Å². The molecule has 15 heteroatoms. The van der Waals surface area contributed by atoms with Crippen LogP contribution in [-0.4, -0.2) is 65.2 Å². The van der Waals surface area contributed by atoms with Gasteiger partial charge in [0.15, 0.2) is 5.82 Å². The van der Waals surface area contributed by atoms with E-state index in [9.17, 15) is 24.3 Å². The number of nitrogens with one attached hydrogen (secondary N) is 1. The number of carbonyl (C=O) groups excluding carboxylic acids is 2. The predicted molar refractivity (Wildman–Crippen MR) is 112 cm³/mol. The molecule has 3 atom stereocenters. The minimum atomic E-state index is -1.26. The first kappa shape index (κ1) is 21.0. The summed E-state index contributed by atoms with van der Waals surface area (Å²) in [6.07, 6.45) is -0.00545. The van der Waals surface area contributed by atoms with Gasteiger partial charge in [-0.25, -0.2) is 4.79 Å². The molecule has 2 N–H and O–H groups in total. The van der Waals surface area contributed by atoms with Crippen molar-refractivity contribution in [2.45, 2.75) is 23.1 Å². The number of β-lactam (4-membered cyclic amide) rings is 1. The lowest BCUT2D eigenvalue weighted by atomic mass is 10.0. The molecule has 2 aliphatic heterocycles. The zero-order valence-electron chi connectivity index (χ0n) is 15.2. The molecule has 3 unspecified atom stereocenters. The van der Waals surface area contributed by atoms with Crippen molar-refractivity contribution in [3.8, 4) is 0 Å². The Labute approximate surface area is 186 Å². The second kappa shape index (κ2) is 8.13. The van der Waals surface area contributed by atoms with Crippen LogP contribution in [0.4, 0.5) is 0 Å². The Balaban J connectivity index is 1.52. The Morgan fingerprint density at radius 3 is 2.80 bits per heavy atom. The molecule has 2 aromatic rings. The smallest absolute Gasteiger partial charge is 0.352 e. The van der Waals surface area contributed by atoms with Crippen molar-refractivity contribution < 1.29 is 19.5 Å². The van der Waals surface area contributed by atoms with Gasteiger partial charge in [-0.15, -0.1) is 22.0 Å². The molecule has 0 aromatic carbocycles. The van der Waals surface area contributed by atoms with Crippen LogP contribution in [0, 0.1) is 0 Å².